The number of benzene rings is 1. The Labute approximate surface area is 175 Å². The average Bonchev–Trinajstić information content (AvgIpc) is 2.66. The molecule has 1 aromatic carbocycles. The minimum atomic E-state index is -3.24. The molecule has 1 aliphatic heterocycles. The number of ether oxygens (including phenoxy) is 2. The van der Waals surface area contributed by atoms with Crippen LogP contribution < -0.4 is 14.2 Å². The number of piperidine rings is 1. The molecule has 0 bridgehead atoms. The lowest BCUT2D eigenvalue weighted by atomic mass is 10.0. The van der Waals surface area contributed by atoms with Gasteiger partial charge in [-0.1, -0.05) is 13.8 Å². The van der Waals surface area contributed by atoms with E-state index in [1.807, 2.05) is 13.8 Å². The summed E-state index contributed by atoms with van der Waals surface area (Å²) in [6.45, 7) is 5.43. The Morgan fingerprint density at radius 2 is 1.93 bits per heavy atom. The quantitative estimate of drug-likeness (QED) is 0.591. The summed E-state index contributed by atoms with van der Waals surface area (Å²) >= 11 is 3.47. The lowest BCUT2D eigenvalue weighted by molar-refractivity contribution is 0.0711. The van der Waals surface area contributed by atoms with E-state index in [1.54, 1.807) is 24.1 Å². The molecule has 1 heterocycles. The topological polar surface area (TPSA) is 84.9 Å². The first-order valence-corrected chi connectivity index (χ1v) is 12.0. The van der Waals surface area contributed by atoms with Crippen molar-refractivity contribution in [1.82, 2.24) is 9.62 Å². The number of carbonyl (C=O) groups is 1. The fourth-order valence-corrected chi connectivity index (χ4v) is 5.11. The SMILES string of the molecule is CCCOc1c(Br)cc(C(=O)N2CCC(NS(=O)(=O)CCC)CC2)cc1OC. The Hall–Kier alpha value is -1.32. The molecule has 0 aromatic heterocycles. The Morgan fingerprint density at radius 3 is 2.50 bits per heavy atom. The zero-order valence-electron chi connectivity index (χ0n) is 16.7. The number of carbonyl (C=O) groups excluding carboxylic acids is 1. The summed E-state index contributed by atoms with van der Waals surface area (Å²) in [6.07, 6.45) is 2.66. The highest BCUT2D eigenvalue weighted by Gasteiger charge is 2.27. The van der Waals surface area contributed by atoms with Crippen LogP contribution in [-0.4, -0.2) is 57.8 Å². The van der Waals surface area contributed by atoms with Crippen LogP contribution in [0.15, 0.2) is 16.6 Å². The molecule has 1 aromatic rings. The minimum absolute atomic E-state index is 0.101. The molecule has 1 fully saturated rings. The summed E-state index contributed by atoms with van der Waals surface area (Å²) < 4.78 is 38.4. The molecule has 1 N–H and O–H groups in total. The third kappa shape index (κ3) is 6.09. The maximum atomic E-state index is 12.9. The van der Waals surface area contributed by atoms with E-state index in [2.05, 4.69) is 20.7 Å². The standard InChI is InChI=1S/C19H29BrN2O5S/c1-4-10-27-18-16(20)12-14(13-17(18)26-3)19(23)22-8-6-15(7-9-22)21-28(24,25)11-5-2/h12-13,15,21H,4-11H2,1-3H3. The summed E-state index contributed by atoms with van der Waals surface area (Å²) in [7, 11) is -1.69. The molecule has 28 heavy (non-hydrogen) atoms. The van der Waals surface area contributed by atoms with Crippen LogP contribution in [0, 0.1) is 0 Å². The van der Waals surface area contributed by atoms with Crippen molar-refractivity contribution < 1.29 is 22.7 Å². The molecule has 0 spiro atoms. The second-order valence-electron chi connectivity index (χ2n) is 6.84. The molecule has 0 unspecified atom stereocenters. The van der Waals surface area contributed by atoms with Crippen LogP contribution in [0.1, 0.15) is 49.9 Å². The zero-order valence-corrected chi connectivity index (χ0v) is 19.1. The zero-order chi connectivity index (χ0) is 20.7. The lowest BCUT2D eigenvalue weighted by Crippen LogP contribution is -2.47. The number of halogens is 1. The maximum Gasteiger partial charge on any atom is 0.254 e. The predicted octanol–water partition coefficient (Wildman–Crippen LogP) is 3.18. The van der Waals surface area contributed by atoms with E-state index < -0.39 is 10.0 Å². The molecule has 0 atom stereocenters. The van der Waals surface area contributed by atoms with Gasteiger partial charge in [0.2, 0.25) is 10.0 Å². The van der Waals surface area contributed by atoms with E-state index in [0.29, 0.717) is 60.5 Å². The molecular weight excluding hydrogens is 448 g/mol. The van der Waals surface area contributed by atoms with Gasteiger partial charge in [-0.3, -0.25) is 4.79 Å². The molecule has 0 aliphatic carbocycles. The summed E-state index contributed by atoms with van der Waals surface area (Å²) in [6, 6.07) is 3.31. The average molecular weight is 477 g/mol. The smallest absolute Gasteiger partial charge is 0.254 e. The lowest BCUT2D eigenvalue weighted by Gasteiger charge is -2.32. The first kappa shape index (κ1) is 23.0. The summed E-state index contributed by atoms with van der Waals surface area (Å²) in [5, 5.41) is 0. The molecule has 9 heteroatoms. The van der Waals surface area contributed by atoms with E-state index >= 15 is 0 Å². The normalized spacial score (nSPS) is 15.5. The number of rotatable bonds is 9. The Kier molecular flexibility index (Phi) is 8.57. The van der Waals surface area contributed by atoms with E-state index in [1.165, 1.54) is 0 Å². The van der Waals surface area contributed by atoms with Gasteiger partial charge in [0, 0.05) is 24.7 Å². The number of sulfonamides is 1. The van der Waals surface area contributed by atoms with Crippen molar-refractivity contribution in [3.63, 3.8) is 0 Å². The van der Waals surface area contributed by atoms with Crippen molar-refractivity contribution in [2.24, 2.45) is 0 Å². The largest absolute Gasteiger partial charge is 0.493 e. The Bertz CT molecular complexity index is 777. The number of nitrogens with zero attached hydrogens (tertiary/aromatic N) is 1. The van der Waals surface area contributed by atoms with E-state index in [4.69, 9.17) is 9.47 Å². The van der Waals surface area contributed by atoms with Crippen molar-refractivity contribution in [1.29, 1.82) is 0 Å². The third-order valence-corrected chi connectivity index (χ3v) is 6.76. The van der Waals surface area contributed by atoms with Crippen molar-refractivity contribution in [3.05, 3.63) is 22.2 Å². The third-order valence-electron chi connectivity index (χ3n) is 4.53. The van der Waals surface area contributed by atoms with Crippen molar-refractivity contribution in [2.45, 2.75) is 45.6 Å². The molecule has 2 rings (SSSR count). The van der Waals surface area contributed by atoms with Gasteiger partial charge in [0.15, 0.2) is 11.5 Å². The van der Waals surface area contributed by atoms with Gasteiger partial charge in [0.1, 0.15) is 0 Å². The van der Waals surface area contributed by atoms with Crippen molar-refractivity contribution in [2.75, 3.05) is 32.6 Å². The molecule has 1 saturated heterocycles. The number of hydrogen-bond acceptors (Lipinski definition) is 5. The van der Waals surface area contributed by atoms with E-state index in [-0.39, 0.29) is 17.7 Å². The van der Waals surface area contributed by atoms with Gasteiger partial charge in [-0.15, -0.1) is 0 Å². The molecule has 158 valence electrons. The minimum Gasteiger partial charge on any atom is -0.493 e. The first-order valence-electron chi connectivity index (χ1n) is 9.60. The number of amides is 1. The second kappa shape index (κ2) is 10.5. The Morgan fingerprint density at radius 1 is 1.25 bits per heavy atom. The van der Waals surface area contributed by atoms with E-state index in [9.17, 15) is 13.2 Å². The van der Waals surface area contributed by atoms with Crippen LogP contribution in [0.5, 0.6) is 11.5 Å². The number of nitrogens with one attached hydrogen (secondary N) is 1. The summed E-state index contributed by atoms with van der Waals surface area (Å²) in [4.78, 5) is 14.7. The van der Waals surface area contributed by atoms with Gasteiger partial charge in [-0.25, -0.2) is 13.1 Å². The number of methoxy groups -OCH3 is 1. The van der Waals surface area contributed by atoms with Crippen LogP contribution in [0.3, 0.4) is 0 Å². The van der Waals surface area contributed by atoms with Crippen molar-refractivity contribution >= 4 is 31.9 Å². The molecular formula is C19H29BrN2O5S. The van der Waals surface area contributed by atoms with Gasteiger partial charge in [-0.2, -0.15) is 0 Å². The maximum absolute atomic E-state index is 12.9. The fourth-order valence-electron chi connectivity index (χ4n) is 3.15. The highest BCUT2D eigenvalue weighted by atomic mass is 79.9. The summed E-state index contributed by atoms with van der Waals surface area (Å²) in [5.41, 5.74) is 0.512. The van der Waals surface area contributed by atoms with Crippen LogP contribution in [0.25, 0.3) is 0 Å². The number of likely N-dealkylation sites (tertiary alicyclic amines) is 1. The molecule has 0 radical (unpaired) electrons. The van der Waals surface area contributed by atoms with Gasteiger partial charge in [0.25, 0.3) is 5.91 Å². The van der Waals surface area contributed by atoms with Crippen LogP contribution >= 0.6 is 15.9 Å². The first-order chi connectivity index (χ1) is 13.3. The molecule has 0 saturated carbocycles. The van der Waals surface area contributed by atoms with Crippen LogP contribution in [0.4, 0.5) is 0 Å². The molecule has 1 aliphatic rings. The highest BCUT2D eigenvalue weighted by molar-refractivity contribution is 9.10. The monoisotopic (exact) mass is 476 g/mol. The highest BCUT2D eigenvalue weighted by Crippen LogP contribution is 2.37. The van der Waals surface area contributed by atoms with Gasteiger partial charge in [0.05, 0.1) is 23.9 Å². The van der Waals surface area contributed by atoms with E-state index in [0.717, 1.165) is 6.42 Å². The van der Waals surface area contributed by atoms with Crippen LogP contribution in [0.2, 0.25) is 0 Å². The van der Waals surface area contributed by atoms with Gasteiger partial charge >= 0.3 is 0 Å². The predicted molar refractivity (Wildman–Crippen MR) is 113 cm³/mol. The van der Waals surface area contributed by atoms with Gasteiger partial charge < -0.3 is 14.4 Å². The Balaban J connectivity index is 2.04. The van der Waals surface area contributed by atoms with Crippen molar-refractivity contribution in [3.8, 4) is 11.5 Å². The number of hydrogen-bond donors (Lipinski definition) is 1. The summed E-state index contributed by atoms with van der Waals surface area (Å²) in [5.74, 6) is 1.13. The second-order valence-corrected chi connectivity index (χ2v) is 9.57. The molecule has 1 amide bonds. The molecule has 7 nitrogen and oxygen atoms in total. The van der Waals surface area contributed by atoms with Crippen LogP contribution in [-0.2, 0) is 10.0 Å². The van der Waals surface area contributed by atoms with Gasteiger partial charge in [-0.05, 0) is 53.7 Å². The fraction of sp³-hybridized carbons (Fsp3) is 0.632.